The van der Waals surface area contributed by atoms with Crippen LogP contribution in [0.25, 0.3) is 0 Å². The third-order valence-electron chi connectivity index (χ3n) is 1.66. The van der Waals surface area contributed by atoms with Crippen molar-refractivity contribution in [3.8, 4) is 0 Å². The monoisotopic (exact) mass is 204 g/mol. The van der Waals surface area contributed by atoms with E-state index in [1.807, 2.05) is 0 Å². The molecule has 1 N–H and O–H groups in total. The fraction of sp³-hybridized carbons (Fsp3) is 0.900. The molecule has 0 aliphatic carbocycles. The molecule has 0 radical (unpaired) electrons. The van der Waals surface area contributed by atoms with Gasteiger partial charge in [0.15, 0.2) is 0 Å². The van der Waals surface area contributed by atoms with Crippen molar-refractivity contribution in [3.05, 3.63) is 0 Å². The molecular weight excluding hydrogens is 184 g/mol. The quantitative estimate of drug-likeness (QED) is 0.509. The lowest BCUT2D eigenvalue weighted by Crippen LogP contribution is -2.16. The molecular formula is C10H20O4. The molecule has 0 fully saturated rings. The number of hydrogen-bond acceptors (Lipinski definition) is 4. The van der Waals surface area contributed by atoms with Gasteiger partial charge in [0.05, 0.1) is 12.7 Å². The van der Waals surface area contributed by atoms with Crippen molar-refractivity contribution >= 4 is 6.16 Å². The first-order valence-corrected chi connectivity index (χ1v) is 5.14. The van der Waals surface area contributed by atoms with E-state index in [9.17, 15) is 4.79 Å². The molecule has 0 aromatic carbocycles. The first-order chi connectivity index (χ1) is 6.66. The maximum Gasteiger partial charge on any atom is 0.508 e. The van der Waals surface area contributed by atoms with E-state index >= 15 is 0 Å². The Kier molecular flexibility index (Phi) is 8.33. The molecule has 14 heavy (non-hydrogen) atoms. The fourth-order valence-electron chi connectivity index (χ4n) is 0.915. The van der Waals surface area contributed by atoms with Gasteiger partial charge in [0.25, 0.3) is 0 Å². The first-order valence-electron chi connectivity index (χ1n) is 5.14. The van der Waals surface area contributed by atoms with Crippen LogP contribution in [0.1, 0.15) is 39.5 Å². The molecule has 0 bridgehead atoms. The third kappa shape index (κ3) is 9.32. The Balaban J connectivity index is 3.18. The number of aliphatic hydroxyl groups is 1. The second-order valence-corrected chi connectivity index (χ2v) is 3.32. The van der Waals surface area contributed by atoms with Crippen molar-refractivity contribution in [3.63, 3.8) is 0 Å². The third-order valence-corrected chi connectivity index (χ3v) is 1.66. The highest BCUT2D eigenvalue weighted by molar-refractivity contribution is 5.59. The summed E-state index contributed by atoms with van der Waals surface area (Å²) in [6.07, 6.45) is 2.93. The number of carbonyl (C=O) groups is 1. The van der Waals surface area contributed by atoms with Crippen LogP contribution in [0.5, 0.6) is 0 Å². The van der Waals surface area contributed by atoms with E-state index in [1.165, 1.54) is 0 Å². The zero-order valence-electron chi connectivity index (χ0n) is 8.99. The predicted molar refractivity (Wildman–Crippen MR) is 53.1 cm³/mol. The van der Waals surface area contributed by atoms with E-state index < -0.39 is 12.3 Å². The summed E-state index contributed by atoms with van der Waals surface area (Å²) in [5.74, 6) is 0. The molecule has 84 valence electrons. The predicted octanol–water partition coefficient (Wildman–Crippen LogP) is 2.10. The molecule has 1 atom stereocenters. The molecule has 0 heterocycles. The molecule has 0 aromatic rings. The van der Waals surface area contributed by atoms with Gasteiger partial charge in [0.1, 0.15) is 6.61 Å². The van der Waals surface area contributed by atoms with E-state index in [4.69, 9.17) is 9.84 Å². The molecule has 0 amide bonds. The van der Waals surface area contributed by atoms with E-state index in [0.717, 1.165) is 25.7 Å². The van der Waals surface area contributed by atoms with Crippen molar-refractivity contribution in [2.45, 2.75) is 45.6 Å². The van der Waals surface area contributed by atoms with Gasteiger partial charge in [-0.2, -0.15) is 0 Å². The summed E-state index contributed by atoms with van der Waals surface area (Å²) in [6.45, 7) is 4.07. The lowest BCUT2D eigenvalue weighted by Gasteiger charge is -2.07. The summed E-state index contributed by atoms with van der Waals surface area (Å²) >= 11 is 0. The largest absolute Gasteiger partial charge is 0.508 e. The molecule has 0 saturated heterocycles. The summed E-state index contributed by atoms with van der Waals surface area (Å²) in [4.78, 5) is 10.8. The van der Waals surface area contributed by atoms with E-state index in [2.05, 4.69) is 11.7 Å². The maximum atomic E-state index is 10.8. The molecule has 0 rings (SSSR count). The van der Waals surface area contributed by atoms with Crippen LogP contribution in [-0.2, 0) is 9.47 Å². The van der Waals surface area contributed by atoms with Crippen molar-refractivity contribution in [2.75, 3.05) is 13.2 Å². The minimum Gasteiger partial charge on any atom is -0.434 e. The van der Waals surface area contributed by atoms with Gasteiger partial charge in [0.2, 0.25) is 0 Å². The van der Waals surface area contributed by atoms with Crippen LogP contribution in [-0.4, -0.2) is 30.6 Å². The fourth-order valence-corrected chi connectivity index (χ4v) is 0.915. The van der Waals surface area contributed by atoms with Gasteiger partial charge in [-0.3, -0.25) is 0 Å². The highest BCUT2D eigenvalue weighted by Gasteiger charge is 2.04. The number of carbonyl (C=O) groups excluding carboxylic acids is 1. The van der Waals surface area contributed by atoms with Gasteiger partial charge in [-0.1, -0.05) is 26.2 Å². The number of ether oxygens (including phenoxy) is 2. The SMILES string of the molecule is CCCCCCOC(=O)OCC(C)O. The van der Waals surface area contributed by atoms with Gasteiger partial charge in [0, 0.05) is 0 Å². The molecule has 1 unspecified atom stereocenters. The van der Waals surface area contributed by atoms with Gasteiger partial charge in [-0.25, -0.2) is 4.79 Å². The Morgan fingerprint density at radius 3 is 2.57 bits per heavy atom. The van der Waals surface area contributed by atoms with Crippen molar-refractivity contribution in [1.29, 1.82) is 0 Å². The Morgan fingerprint density at radius 1 is 1.29 bits per heavy atom. The van der Waals surface area contributed by atoms with Gasteiger partial charge >= 0.3 is 6.16 Å². The summed E-state index contributed by atoms with van der Waals surface area (Å²) in [6, 6.07) is 0. The molecule has 0 aromatic heterocycles. The zero-order valence-corrected chi connectivity index (χ0v) is 8.99. The van der Waals surface area contributed by atoms with Crippen LogP contribution in [0, 0.1) is 0 Å². The number of hydrogen-bond donors (Lipinski definition) is 1. The molecule has 0 aliphatic heterocycles. The topological polar surface area (TPSA) is 55.8 Å². The van der Waals surface area contributed by atoms with Gasteiger partial charge < -0.3 is 14.6 Å². The molecule has 0 saturated carbocycles. The van der Waals surface area contributed by atoms with Crippen LogP contribution >= 0.6 is 0 Å². The Hall–Kier alpha value is -0.770. The highest BCUT2D eigenvalue weighted by Crippen LogP contribution is 1.99. The summed E-state index contributed by atoms with van der Waals surface area (Å²) in [5, 5.41) is 8.81. The minimum absolute atomic E-state index is 0.00616. The van der Waals surface area contributed by atoms with Crippen molar-refractivity contribution in [2.24, 2.45) is 0 Å². The van der Waals surface area contributed by atoms with E-state index in [0.29, 0.717) is 6.61 Å². The normalized spacial score (nSPS) is 12.2. The second-order valence-electron chi connectivity index (χ2n) is 3.32. The summed E-state index contributed by atoms with van der Waals surface area (Å²) in [7, 11) is 0. The lowest BCUT2D eigenvalue weighted by atomic mass is 10.2. The summed E-state index contributed by atoms with van der Waals surface area (Å²) in [5.41, 5.74) is 0. The van der Waals surface area contributed by atoms with E-state index in [1.54, 1.807) is 6.92 Å². The average molecular weight is 204 g/mol. The highest BCUT2D eigenvalue weighted by atomic mass is 16.7. The van der Waals surface area contributed by atoms with Gasteiger partial charge in [-0.05, 0) is 13.3 Å². The van der Waals surface area contributed by atoms with Crippen LogP contribution in [0.3, 0.4) is 0 Å². The molecule has 4 nitrogen and oxygen atoms in total. The summed E-state index contributed by atoms with van der Waals surface area (Å²) < 4.78 is 9.37. The molecule has 0 spiro atoms. The van der Waals surface area contributed by atoms with Crippen LogP contribution < -0.4 is 0 Å². The van der Waals surface area contributed by atoms with E-state index in [-0.39, 0.29) is 6.61 Å². The standard InChI is InChI=1S/C10H20O4/c1-3-4-5-6-7-13-10(12)14-8-9(2)11/h9,11H,3-8H2,1-2H3. The average Bonchev–Trinajstić information content (AvgIpc) is 2.14. The number of rotatable bonds is 7. The number of aliphatic hydroxyl groups excluding tert-OH is 1. The molecule has 0 aliphatic rings. The molecule has 4 heteroatoms. The zero-order chi connectivity index (χ0) is 10.8. The van der Waals surface area contributed by atoms with Crippen molar-refractivity contribution in [1.82, 2.24) is 0 Å². The Labute approximate surface area is 85.2 Å². The van der Waals surface area contributed by atoms with Crippen LogP contribution in [0.4, 0.5) is 4.79 Å². The van der Waals surface area contributed by atoms with Crippen molar-refractivity contribution < 1.29 is 19.4 Å². The Morgan fingerprint density at radius 2 is 2.00 bits per heavy atom. The first kappa shape index (κ1) is 13.2. The second kappa shape index (κ2) is 8.81. The maximum absolute atomic E-state index is 10.8. The van der Waals surface area contributed by atoms with Crippen LogP contribution in [0.2, 0.25) is 0 Å². The van der Waals surface area contributed by atoms with Crippen LogP contribution in [0.15, 0.2) is 0 Å². The smallest absolute Gasteiger partial charge is 0.434 e. The Bertz CT molecular complexity index is 145. The number of unbranched alkanes of at least 4 members (excludes halogenated alkanes) is 3. The lowest BCUT2D eigenvalue weighted by molar-refractivity contribution is 0.0232. The minimum atomic E-state index is -0.692. The van der Waals surface area contributed by atoms with Gasteiger partial charge in [-0.15, -0.1) is 0 Å².